The minimum Gasteiger partial charge on any atom is -0.360 e. The number of fused-ring (bicyclic) bond motifs is 1. The molecule has 3 rings (SSSR count). The van der Waals surface area contributed by atoms with Gasteiger partial charge in [-0.25, -0.2) is 4.39 Å². The van der Waals surface area contributed by atoms with Gasteiger partial charge >= 0.3 is 0 Å². The van der Waals surface area contributed by atoms with Crippen molar-refractivity contribution in [1.82, 2.24) is 4.98 Å². The molecule has 0 radical (unpaired) electrons. The summed E-state index contributed by atoms with van der Waals surface area (Å²) in [5.41, 5.74) is 4.00. The molecule has 0 aliphatic carbocycles. The van der Waals surface area contributed by atoms with E-state index in [0.717, 1.165) is 22.3 Å². The SMILES string of the molecule is Cc1ccc(C)c(NC(=O)c2c[nH]c3ccc(F)cc23)c1. The van der Waals surface area contributed by atoms with E-state index in [1.165, 1.54) is 12.1 Å². The normalized spacial score (nSPS) is 10.8. The highest BCUT2D eigenvalue weighted by atomic mass is 19.1. The van der Waals surface area contributed by atoms with Gasteiger partial charge in [0.1, 0.15) is 5.82 Å². The maximum Gasteiger partial charge on any atom is 0.257 e. The van der Waals surface area contributed by atoms with Crippen LogP contribution in [0.15, 0.2) is 42.6 Å². The molecule has 2 N–H and O–H groups in total. The Bertz CT molecular complexity index is 836. The molecule has 21 heavy (non-hydrogen) atoms. The Morgan fingerprint density at radius 3 is 2.76 bits per heavy atom. The highest BCUT2D eigenvalue weighted by Crippen LogP contribution is 2.22. The molecular weight excluding hydrogens is 267 g/mol. The molecule has 0 unspecified atom stereocenters. The maximum absolute atomic E-state index is 13.4. The van der Waals surface area contributed by atoms with Crippen molar-refractivity contribution in [1.29, 1.82) is 0 Å². The van der Waals surface area contributed by atoms with Crippen LogP contribution < -0.4 is 5.32 Å². The molecule has 0 aliphatic rings. The lowest BCUT2D eigenvalue weighted by molar-refractivity contribution is 0.102. The van der Waals surface area contributed by atoms with Crippen LogP contribution in [0, 0.1) is 19.7 Å². The van der Waals surface area contributed by atoms with Gasteiger partial charge in [0, 0.05) is 22.8 Å². The Morgan fingerprint density at radius 1 is 1.14 bits per heavy atom. The van der Waals surface area contributed by atoms with Crippen molar-refractivity contribution in [3.63, 3.8) is 0 Å². The molecule has 4 heteroatoms. The molecule has 0 spiro atoms. The lowest BCUT2D eigenvalue weighted by atomic mass is 10.1. The zero-order chi connectivity index (χ0) is 15.0. The summed E-state index contributed by atoms with van der Waals surface area (Å²) in [5.74, 6) is -0.608. The Labute approximate surface area is 121 Å². The van der Waals surface area contributed by atoms with Crippen molar-refractivity contribution in [3.05, 3.63) is 65.1 Å². The monoisotopic (exact) mass is 282 g/mol. The second kappa shape index (κ2) is 5.05. The molecule has 106 valence electrons. The van der Waals surface area contributed by atoms with E-state index in [1.807, 2.05) is 32.0 Å². The van der Waals surface area contributed by atoms with Gasteiger partial charge in [-0.1, -0.05) is 12.1 Å². The van der Waals surface area contributed by atoms with Gasteiger partial charge in [0.15, 0.2) is 0 Å². The van der Waals surface area contributed by atoms with E-state index in [2.05, 4.69) is 10.3 Å². The number of aromatic amines is 1. The van der Waals surface area contributed by atoms with Gasteiger partial charge in [-0.15, -0.1) is 0 Å². The van der Waals surface area contributed by atoms with Crippen LogP contribution in [0.1, 0.15) is 21.5 Å². The van der Waals surface area contributed by atoms with Crippen molar-refractivity contribution in [3.8, 4) is 0 Å². The number of hydrogen-bond donors (Lipinski definition) is 2. The van der Waals surface area contributed by atoms with E-state index in [1.54, 1.807) is 12.3 Å². The molecule has 0 fully saturated rings. The number of benzene rings is 2. The number of nitrogens with one attached hydrogen (secondary N) is 2. The Balaban J connectivity index is 1.97. The van der Waals surface area contributed by atoms with Crippen LogP contribution >= 0.6 is 0 Å². The average Bonchev–Trinajstić information content (AvgIpc) is 2.85. The summed E-state index contributed by atoms with van der Waals surface area (Å²) in [5, 5.41) is 3.46. The first-order valence-electron chi connectivity index (χ1n) is 6.70. The van der Waals surface area contributed by atoms with E-state index in [9.17, 15) is 9.18 Å². The molecule has 0 aliphatic heterocycles. The number of carbonyl (C=O) groups excluding carboxylic acids is 1. The topological polar surface area (TPSA) is 44.9 Å². The minimum absolute atomic E-state index is 0.249. The lowest BCUT2D eigenvalue weighted by Gasteiger charge is -2.09. The van der Waals surface area contributed by atoms with Crippen LogP contribution in [0.4, 0.5) is 10.1 Å². The number of halogens is 1. The fourth-order valence-corrected chi connectivity index (χ4v) is 2.34. The van der Waals surface area contributed by atoms with Crippen molar-refractivity contribution >= 4 is 22.5 Å². The summed E-state index contributed by atoms with van der Waals surface area (Å²) >= 11 is 0. The first-order chi connectivity index (χ1) is 10.0. The molecule has 1 amide bonds. The van der Waals surface area contributed by atoms with Gasteiger partial charge in [0.25, 0.3) is 5.91 Å². The lowest BCUT2D eigenvalue weighted by Crippen LogP contribution is -2.12. The van der Waals surface area contributed by atoms with Crippen LogP contribution in [0.25, 0.3) is 10.9 Å². The number of aromatic nitrogens is 1. The van der Waals surface area contributed by atoms with Gasteiger partial charge in [0.2, 0.25) is 0 Å². The van der Waals surface area contributed by atoms with E-state index in [4.69, 9.17) is 0 Å². The first-order valence-corrected chi connectivity index (χ1v) is 6.70. The van der Waals surface area contributed by atoms with Gasteiger partial charge in [-0.3, -0.25) is 4.79 Å². The molecule has 0 saturated heterocycles. The summed E-state index contributed by atoms with van der Waals surface area (Å²) in [6.45, 7) is 3.90. The third-order valence-corrected chi connectivity index (χ3v) is 3.53. The van der Waals surface area contributed by atoms with Crippen molar-refractivity contribution in [2.75, 3.05) is 5.32 Å². The van der Waals surface area contributed by atoms with Gasteiger partial charge in [-0.2, -0.15) is 0 Å². The number of carbonyl (C=O) groups is 1. The molecule has 1 aromatic heterocycles. The standard InChI is InChI=1S/C17H15FN2O/c1-10-3-4-11(2)16(7-10)20-17(21)14-9-19-15-6-5-12(18)8-13(14)15/h3-9,19H,1-2H3,(H,20,21). The molecule has 3 aromatic rings. The van der Waals surface area contributed by atoms with Crippen molar-refractivity contribution in [2.45, 2.75) is 13.8 Å². The largest absolute Gasteiger partial charge is 0.360 e. The number of amides is 1. The predicted octanol–water partition coefficient (Wildman–Crippen LogP) is 4.18. The zero-order valence-electron chi connectivity index (χ0n) is 11.8. The van der Waals surface area contributed by atoms with E-state index in [-0.39, 0.29) is 11.7 Å². The molecule has 1 heterocycles. The summed E-state index contributed by atoms with van der Waals surface area (Å²) in [7, 11) is 0. The van der Waals surface area contributed by atoms with Crippen LogP contribution in [0.3, 0.4) is 0 Å². The Kier molecular flexibility index (Phi) is 3.22. The first kappa shape index (κ1) is 13.4. The quantitative estimate of drug-likeness (QED) is 0.727. The summed E-state index contributed by atoms with van der Waals surface area (Å²) in [6, 6.07) is 10.2. The second-order valence-electron chi connectivity index (χ2n) is 5.16. The fraction of sp³-hybridized carbons (Fsp3) is 0.118. The van der Waals surface area contributed by atoms with Crippen LogP contribution in [-0.2, 0) is 0 Å². The molecule has 0 bridgehead atoms. The Hall–Kier alpha value is -2.62. The number of hydrogen-bond acceptors (Lipinski definition) is 1. The van der Waals surface area contributed by atoms with Crippen LogP contribution in [0.5, 0.6) is 0 Å². The maximum atomic E-state index is 13.4. The third-order valence-electron chi connectivity index (χ3n) is 3.53. The number of rotatable bonds is 2. The second-order valence-corrected chi connectivity index (χ2v) is 5.16. The zero-order valence-corrected chi connectivity index (χ0v) is 11.8. The number of anilines is 1. The highest BCUT2D eigenvalue weighted by Gasteiger charge is 2.13. The van der Waals surface area contributed by atoms with Crippen LogP contribution in [0.2, 0.25) is 0 Å². The van der Waals surface area contributed by atoms with Gasteiger partial charge in [0.05, 0.1) is 5.56 Å². The van der Waals surface area contributed by atoms with Crippen molar-refractivity contribution in [2.24, 2.45) is 0 Å². The Morgan fingerprint density at radius 2 is 1.95 bits per heavy atom. The summed E-state index contributed by atoms with van der Waals surface area (Å²) in [4.78, 5) is 15.4. The van der Waals surface area contributed by atoms with E-state index in [0.29, 0.717) is 10.9 Å². The minimum atomic E-state index is -0.358. The van der Waals surface area contributed by atoms with Gasteiger partial charge < -0.3 is 10.3 Å². The summed E-state index contributed by atoms with van der Waals surface area (Å²) < 4.78 is 13.4. The molecular formula is C17H15FN2O. The van der Waals surface area contributed by atoms with E-state index < -0.39 is 0 Å². The predicted molar refractivity (Wildman–Crippen MR) is 82.1 cm³/mol. The highest BCUT2D eigenvalue weighted by molar-refractivity contribution is 6.13. The fourth-order valence-electron chi connectivity index (χ4n) is 2.34. The van der Waals surface area contributed by atoms with E-state index >= 15 is 0 Å². The van der Waals surface area contributed by atoms with Gasteiger partial charge in [-0.05, 0) is 49.2 Å². The molecule has 0 atom stereocenters. The third kappa shape index (κ3) is 2.52. The number of aryl methyl sites for hydroxylation is 2. The molecule has 0 saturated carbocycles. The van der Waals surface area contributed by atoms with Crippen molar-refractivity contribution < 1.29 is 9.18 Å². The smallest absolute Gasteiger partial charge is 0.257 e. The average molecular weight is 282 g/mol. The summed E-state index contributed by atoms with van der Waals surface area (Å²) in [6.07, 6.45) is 1.60. The number of H-pyrrole nitrogens is 1. The molecule has 3 nitrogen and oxygen atoms in total. The van der Waals surface area contributed by atoms with Crippen LogP contribution in [-0.4, -0.2) is 10.9 Å². The molecule has 2 aromatic carbocycles.